The molecular weight excluding hydrogens is 312 g/mol. The summed E-state index contributed by atoms with van der Waals surface area (Å²) in [6.07, 6.45) is 4.59. The molecule has 2 aliphatic heterocycles. The van der Waals surface area contributed by atoms with E-state index in [1.165, 1.54) is 0 Å². The van der Waals surface area contributed by atoms with Crippen LogP contribution in [0.2, 0.25) is 0 Å². The first-order valence-electron chi connectivity index (χ1n) is 8.09. The van der Waals surface area contributed by atoms with Crippen molar-refractivity contribution in [1.82, 2.24) is 9.88 Å². The predicted octanol–water partition coefficient (Wildman–Crippen LogP) is 1.36. The van der Waals surface area contributed by atoms with Gasteiger partial charge in [-0.2, -0.15) is 11.8 Å². The lowest BCUT2D eigenvalue weighted by Crippen LogP contribution is -2.42. The Hall–Kier alpha value is -1.47. The van der Waals surface area contributed by atoms with Crippen molar-refractivity contribution >= 4 is 17.7 Å². The van der Waals surface area contributed by atoms with Crippen LogP contribution in [-0.4, -0.2) is 60.3 Å². The molecule has 0 saturated carbocycles. The Morgan fingerprint density at radius 1 is 1.48 bits per heavy atom. The smallest absolute Gasteiger partial charge is 0.191 e. The van der Waals surface area contributed by atoms with Crippen LogP contribution in [0.3, 0.4) is 0 Å². The van der Waals surface area contributed by atoms with Crippen molar-refractivity contribution < 1.29 is 9.47 Å². The third kappa shape index (κ3) is 4.75. The number of aromatic nitrogens is 1. The minimum atomic E-state index is 0.475. The van der Waals surface area contributed by atoms with E-state index in [1.807, 2.05) is 17.8 Å². The highest BCUT2D eigenvalue weighted by Gasteiger charge is 2.17. The van der Waals surface area contributed by atoms with Gasteiger partial charge < -0.3 is 20.1 Å². The molecule has 6 nitrogen and oxygen atoms in total. The average Bonchev–Trinajstić information content (AvgIpc) is 3.13. The Kier molecular flexibility index (Phi) is 5.99. The number of ether oxygens (including phenoxy) is 2. The maximum atomic E-state index is 6.11. The first-order valence-corrected chi connectivity index (χ1v) is 9.24. The molecule has 1 unspecified atom stereocenters. The highest BCUT2D eigenvalue weighted by molar-refractivity contribution is 7.99. The van der Waals surface area contributed by atoms with Gasteiger partial charge in [0.2, 0.25) is 0 Å². The van der Waals surface area contributed by atoms with Crippen LogP contribution in [0.1, 0.15) is 12.0 Å². The quantitative estimate of drug-likeness (QED) is 0.646. The number of thioether (sulfide) groups is 1. The fraction of sp³-hybridized carbons (Fsp3) is 0.625. The SMILES string of the molecule is NC(=NCc1ccncc1OCC1CCOC1)N1CCSCC1. The maximum absolute atomic E-state index is 6.11. The lowest BCUT2D eigenvalue weighted by atomic mass is 10.1. The van der Waals surface area contributed by atoms with Crippen molar-refractivity contribution in [2.75, 3.05) is 44.4 Å². The molecule has 2 aliphatic rings. The lowest BCUT2D eigenvalue weighted by Gasteiger charge is -2.27. The Balaban J connectivity index is 1.58. The van der Waals surface area contributed by atoms with E-state index in [-0.39, 0.29) is 0 Å². The van der Waals surface area contributed by atoms with Gasteiger partial charge in [0.1, 0.15) is 5.75 Å². The monoisotopic (exact) mass is 336 g/mol. The van der Waals surface area contributed by atoms with Gasteiger partial charge in [0.05, 0.1) is 26.0 Å². The third-order valence-electron chi connectivity index (χ3n) is 4.12. The Morgan fingerprint density at radius 2 is 2.35 bits per heavy atom. The molecule has 1 aromatic rings. The molecule has 126 valence electrons. The van der Waals surface area contributed by atoms with Gasteiger partial charge in [0.25, 0.3) is 0 Å². The van der Waals surface area contributed by atoms with Crippen LogP contribution in [0, 0.1) is 5.92 Å². The molecule has 3 heterocycles. The predicted molar refractivity (Wildman–Crippen MR) is 92.9 cm³/mol. The highest BCUT2D eigenvalue weighted by atomic mass is 32.2. The minimum Gasteiger partial charge on any atom is -0.491 e. The molecule has 0 radical (unpaired) electrons. The maximum Gasteiger partial charge on any atom is 0.191 e. The van der Waals surface area contributed by atoms with Gasteiger partial charge in [-0.25, -0.2) is 4.99 Å². The van der Waals surface area contributed by atoms with E-state index >= 15 is 0 Å². The van der Waals surface area contributed by atoms with Gasteiger partial charge in [-0.05, 0) is 12.5 Å². The summed E-state index contributed by atoms with van der Waals surface area (Å²) in [6, 6.07) is 1.95. The van der Waals surface area contributed by atoms with Gasteiger partial charge in [0.15, 0.2) is 5.96 Å². The molecule has 0 spiro atoms. The van der Waals surface area contributed by atoms with Crippen molar-refractivity contribution in [2.45, 2.75) is 13.0 Å². The number of rotatable bonds is 5. The molecule has 0 aromatic carbocycles. The van der Waals surface area contributed by atoms with Gasteiger partial charge in [-0.15, -0.1) is 0 Å². The number of aliphatic imine (C=N–C) groups is 1. The van der Waals surface area contributed by atoms with Crippen molar-refractivity contribution in [2.24, 2.45) is 16.6 Å². The van der Waals surface area contributed by atoms with E-state index in [0.717, 1.165) is 55.5 Å². The normalized spacial score (nSPS) is 22.3. The first-order chi connectivity index (χ1) is 11.3. The second-order valence-electron chi connectivity index (χ2n) is 5.80. The molecule has 23 heavy (non-hydrogen) atoms. The van der Waals surface area contributed by atoms with Gasteiger partial charge >= 0.3 is 0 Å². The number of nitrogens with zero attached hydrogens (tertiary/aromatic N) is 3. The van der Waals surface area contributed by atoms with Crippen LogP contribution in [0.5, 0.6) is 5.75 Å². The minimum absolute atomic E-state index is 0.475. The van der Waals surface area contributed by atoms with Crippen LogP contribution in [0.4, 0.5) is 0 Å². The number of pyridine rings is 1. The van der Waals surface area contributed by atoms with E-state index in [0.29, 0.717) is 25.0 Å². The molecule has 2 fully saturated rings. The largest absolute Gasteiger partial charge is 0.491 e. The summed E-state index contributed by atoms with van der Waals surface area (Å²) < 4.78 is 11.3. The standard InChI is InChI=1S/C16H24N4O2S/c17-16(20-4-7-23-8-5-20)19-9-14-1-3-18-10-15(14)22-12-13-2-6-21-11-13/h1,3,10,13H,2,4-9,11-12H2,(H2,17,19). The molecule has 3 rings (SSSR count). The molecule has 0 amide bonds. The van der Waals surface area contributed by atoms with Crippen LogP contribution >= 0.6 is 11.8 Å². The number of hydrogen-bond donors (Lipinski definition) is 1. The van der Waals surface area contributed by atoms with Gasteiger partial charge in [-0.1, -0.05) is 0 Å². The number of nitrogens with two attached hydrogens (primary N) is 1. The second-order valence-corrected chi connectivity index (χ2v) is 7.02. The van der Waals surface area contributed by atoms with E-state index < -0.39 is 0 Å². The lowest BCUT2D eigenvalue weighted by molar-refractivity contribution is 0.166. The summed E-state index contributed by atoms with van der Waals surface area (Å²) >= 11 is 1.96. The van der Waals surface area contributed by atoms with E-state index in [1.54, 1.807) is 12.4 Å². The summed E-state index contributed by atoms with van der Waals surface area (Å²) in [5.74, 6) is 4.12. The summed E-state index contributed by atoms with van der Waals surface area (Å²) in [4.78, 5) is 10.8. The Morgan fingerprint density at radius 3 is 3.13 bits per heavy atom. The summed E-state index contributed by atoms with van der Waals surface area (Å²) in [5.41, 5.74) is 7.14. The molecule has 0 aliphatic carbocycles. The zero-order chi connectivity index (χ0) is 15.9. The summed E-state index contributed by atoms with van der Waals surface area (Å²) in [6.45, 7) is 4.76. The van der Waals surface area contributed by atoms with Crippen LogP contribution in [0.25, 0.3) is 0 Å². The van der Waals surface area contributed by atoms with Crippen LogP contribution in [0.15, 0.2) is 23.5 Å². The van der Waals surface area contributed by atoms with Crippen LogP contribution in [-0.2, 0) is 11.3 Å². The summed E-state index contributed by atoms with van der Waals surface area (Å²) in [7, 11) is 0. The van der Waals surface area contributed by atoms with Gasteiger partial charge in [0, 0.05) is 48.9 Å². The van der Waals surface area contributed by atoms with Crippen molar-refractivity contribution in [3.63, 3.8) is 0 Å². The van der Waals surface area contributed by atoms with Crippen molar-refractivity contribution in [3.8, 4) is 5.75 Å². The second kappa shape index (κ2) is 8.40. The fourth-order valence-corrected chi connectivity index (χ4v) is 3.55. The molecule has 1 aromatic heterocycles. The first kappa shape index (κ1) is 16.4. The highest BCUT2D eigenvalue weighted by Crippen LogP contribution is 2.20. The molecule has 0 bridgehead atoms. The molecular formula is C16H24N4O2S. The third-order valence-corrected chi connectivity index (χ3v) is 5.06. The Bertz CT molecular complexity index is 529. The molecule has 2 N–H and O–H groups in total. The van der Waals surface area contributed by atoms with Crippen molar-refractivity contribution in [1.29, 1.82) is 0 Å². The zero-order valence-corrected chi connectivity index (χ0v) is 14.1. The number of guanidine groups is 1. The van der Waals surface area contributed by atoms with Crippen molar-refractivity contribution in [3.05, 3.63) is 24.0 Å². The molecule has 2 saturated heterocycles. The zero-order valence-electron chi connectivity index (χ0n) is 13.3. The topological polar surface area (TPSA) is 73.0 Å². The summed E-state index contributed by atoms with van der Waals surface area (Å²) in [5, 5.41) is 0. The fourth-order valence-electron chi connectivity index (χ4n) is 2.65. The molecule has 7 heteroatoms. The van der Waals surface area contributed by atoms with Crippen LogP contribution < -0.4 is 10.5 Å². The van der Waals surface area contributed by atoms with E-state index in [4.69, 9.17) is 15.2 Å². The number of hydrogen-bond acceptors (Lipinski definition) is 5. The molecule has 1 atom stereocenters. The van der Waals surface area contributed by atoms with Gasteiger partial charge in [-0.3, -0.25) is 4.98 Å². The average molecular weight is 336 g/mol. The Labute approximate surface area is 141 Å². The van der Waals surface area contributed by atoms with E-state index in [9.17, 15) is 0 Å². The van der Waals surface area contributed by atoms with E-state index in [2.05, 4.69) is 14.9 Å².